The minimum Gasteiger partial charge on any atom is -0.507 e. The lowest BCUT2D eigenvalue weighted by Crippen LogP contribution is -2.44. The number of halogens is 1. The summed E-state index contributed by atoms with van der Waals surface area (Å²) in [6.07, 6.45) is 3.48. The molecule has 1 amide bonds. The largest absolute Gasteiger partial charge is 0.507 e. The first-order chi connectivity index (χ1) is 9.08. The van der Waals surface area contributed by atoms with Crippen LogP contribution in [0.25, 0.3) is 0 Å². The molecule has 1 atom stereocenters. The highest BCUT2D eigenvalue weighted by molar-refractivity contribution is 6.31. The molecule has 2 N–H and O–H groups in total. The third-order valence-corrected chi connectivity index (χ3v) is 3.68. The number of amides is 1. The summed E-state index contributed by atoms with van der Waals surface area (Å²) in [6.45, 7) is 1.65. The van der Waals surface area contributed by atoms with E-state index in [9.17, 15) is 9.90 Å². The Morgan fingerprint density at radius 1 is 1.53 bits per heavy atom. The minimum atomic E-state index is -0.202. The lowest BCUT2D eigenvalue weighted by molar-refractivity contribution is 0.0772. The second-order valence-corrected chi connectivity index (χ2v) is 5.43. The highest BCUT2D eigenvalue weighted by atomic mass is 35.5. The fourth-order valence-corrected chi connectivity index (χ4v) is 2.55. The van der Waals surface area contributed by atoms with Crippen molar-refractivity contribution >= 4 is 17.5 Å². The number of carbonyl (C=O) groups is 1. The van der Waals surface area contributed by atoms with E-state index in [1.54, 1.807) is 18.0 Å². The summed E-state index contributed by atoms with van der Waals surface area (Å²) < 4.78 is 0. The summed E-state index contributed by atoms with van der Waals surface area (Å²) in [5.41, 5.74) is 0.255. The van der Waals surface area contributed by atoms with Crippen molar-refractivity contribution in [3.63, 3.8) is 0 Å². The topological polar surface area (TPSA) is 52.6 Å². The molecule has 0 saturated carbocycles. The van der Waals surface area contributed by atoms with E-state index in [-0.39, 0.29) is 17.2 Å². The van der Waals surface area contributed by atoms with E-state index in [0.29, 0.717) is 17.6 Å². The van der Waals surface area contributed by atoms with Crippen molar-refractivity contribution in [1.82, 2.24) is 10.2 Å². The summed E-state index contributed by atoms with van der Waals surface area (Å²) in [6, 6.07) is 4.85. The molecular formula is C14H19ClN2O2. The van der Waals surface area contributed by atoms with Gasteiger partial charge in [-0.05, 0) is 37.6 Å². The number of phenols is 1. The highest BCUT2D eigenvalue weighted by Gasteiger charge is 2.20. The van der Waals surface area contributed by atoms with Gasteiger partial charge in [-0.2, -0.15) is 0 Å². The highest BCUT2D eigenvalue weighted by Crippen LogP contribution is 2.23. The Hall–Kier alpha value is -1.26. The van der Waals surface area contributed by atoms with Crippen molar-refractivity contribution < 1.29 is 9.90 Å². The number of carbonyl (C=O) groups excluding carboxylic acids is 1. The monoisotopic (exact) mass is 282 g/mol. The Morgan fingerprint density at radius 3 is 3.00 bits per heavy atom. The number of nitrogens with zero attached hydrogens (tertiary/aromatic N) is 1. The lowest BCUT2D eigenvalue weighted by Gasteiger charge is -2.28. The molecule has 1 aliphatic heterocycles. The fourth-order valence-electron chi connectivity index (χ4n) is 2.38. The van der Waals surface area contributed by atoms with Gasteiger partial charge in [0, 0.05) is 24.7 Å². The van der Waals surface area contributed by atoms with Crippen LogP contribution in [0, 0.1) is 0 Å². The van der Waals surface area contributed by atoms with Crippen LogP contribution in [0.3, 0.4) is 0 Å². The molecule has 0 radical (unpaired) electrons. The molecule has 1 aliphatic rings. The molecule has 1 saturated heterocycles. The average Bonchev–Trinajstić information content (AvgIpc) is 2.42. The molecule has 1 aromatic carbocycles. The minimum absolute atomic E-state index is 0.0298. The predicted molar refractivity (Wildman–Crippen MR) is 75.7 cm³/mol. The number of aromatic hydroxyl groups is 1. The smallest absolute Gasteiger partial charge is 0.257 e. The zero-order chi connectivity index (χ0) is 13.8. The Balaban J connectivity index is 2.03. The van der Waals surface area contributed by atoms with Crippen LogP contribution in [0.1, 0.15) is 29.6 Å². The molecule has 0 spiro atoms. The summed E-state index contributed by atoms with van der Waals surface area (Å²) in [4.78, 5) is 13.9. The molecule has 2 rings (SSSR count). The van der Waals surface area contributed by atoms with E-state index < -0.39 is 0 Å². The number of nitrogens with one attached hydrogen (secondary N) is 1. The van der Waals surface area contributed by atoms with Gasteiger partial charge in [0.05, 0.1) is 5.56 Å². The maximum Gasteiger partial charge on any atom is 0.257 e. The quantitative estimate of drug-likeness (QED) is 0.894. The van der Waals surface area contributed by atoms with Gasteiger partial charge in [-0.1, -0.05) is 18.0 Å². The first kappa shape index (κ1) is 14.2. The molecule has 0 aliphatic carbocycles. The predicted octanol–water partition coefficient (Wildman–Crippen LogP) is 2.26. The maximum absolute atomic E-state index is 12.3. The van der Waals surface area contributed by atoms with Crippen molar-refractivity contribution in [1.29, 1.82) is 0 Å². The third kappa shape index (κ3) is 3.61. The van der Waals surface area contributed by atoms with Crippen LogP contribution < -0.4 is 5.32 Å². The third-order valence-electron chi connectivity index (χ3n) is 3.44. The van der Waals surface area contributed by atoms with E-state index in [2.05, 4.69) is 5.32 Å². The second-order valence-electron chi connectivity index (χ2n) is 4.99. The van der Waals surface area contributed by atoms with Crippen LogP contribution >= 0.6 is 11.6 Å². The molecule has 1 fully saturated rings. The van der Waals surface area contributed by atoms with Gasteiger partial charge >= 0.3 is 0 Å². The van der Waals surface area contributed by atoms with Gasteiger partial charge in [0.25, 0.3) is 5.91 Å². The molecule has 1 unspecified atom stereocenters. The first-order valence-corrected chi connectivity index (χ1v) is 6.93. The number of benzene rings is 1. The Kier molecular flexibility index (Phi) is 4.66. The van der Waals surface area contributed by atoms with Crippen molar-refractivity contribution in [2.24, 2.45) is 0 Å². The fraction of sp³-hybridized carbons (Fsp3) is 0.500. The van der Waals surface area contributed by atoms with Crippen molar-refractivity contribution in [2.45, 2.75) is 25.3 Å². The van der Waals surface area contributed by atoms with E-state index in [1.165, 1.54) is 25.0 Å². The van der Waals surface area contributed by atoms with Crippen LogP contribution in [0.2, 0.25) is 5.02 Å². The summed E-state index contributed by atoms with van der Waals surface area (Å²) in [5.74, 6) is -0.231. The molecule has 19 heavy (non-hydrogen) atoms. The van der Waals surface area contributed by atoms with Gasteiger partial charge < -0.3 is 15.3 Å². The zero-order valence-corrected chi connectivity index (χ0v) is 11.8. The van der Waals surface area contributed by atoms with Gasteiger partial charge in [0.1, 0.15) is 5.75 Å². The molecule has 1 heterocycles. The first-order valence-electron chi connectivity index (χ1n) is 6.55. The van der Waals surface area contributed by atoms with Crippen molar-refractivity contribution in [3.8, 4) is 5.75 Å². The van der Waals surface area contributed by atoms with Crippen molar-refractivity contribution in [2.75, 3.05) is 20.1 Å². The Labute approximate surface area is 118 Å². The van der Waals surface area contributed by atoms with E-state index in [1.807, 2.05) is 0 Å². The lowest BCUT2D eigenvalue weighted by atomic mass is 10.0. The van der Waals surface area contributed by atoms with Crippen molar-refractivity contribution in [3.05, 3.63) is 28.8 Å². The summed E-state index contributed by atoms with van der Waals surface area (Å²) in [7, 11) is 1.75. The molecule has 0 bridgehead atoms. The number of rotatable bonds is 3. The number of hydrogen-bond acceptors (Lipinski definition) is 3. The SMILES string of the molecule is CN(CC1CCCCN1)C(=O)c1cc(Cl)ccc1O. The van der Waals surface area contributed by atoms with Crippen LogP contribution in [-0.2, 0) is 0 Å². The van der Waals surface area contributed by atoms with Gasteiger partial charge in [0.15, 0.2) is 0 Å². The molecule has 1 aromatic rings. The number of piperidine rings is 1. The Morgan fingerprint density at radius 2 is 2.32 bits per heavy atom. The van der Waals surface area contributed by atoms with Gasteiger partial charge in [-0.25, -0.2) is 0 Å². The van der Waals surface area contributed by atoms with Crippen LogP contribution in [0.4, 0.5) is 0 Å². The maximum atomic E-state index is 12.3. The van der Waals surface area contributed by atoms with Gasteiger partial charge in [0.2, 0.25) is 0 Å². The number of hydrogen-bond donors (Lipinski definition) is 2. The number of likely N-dealkylation sites (N-methyl/N-ethyl adjacent to an activating group) is 1. The summed E-state index contributed by atoms with van der Waals surface area (Å²) >= 11 is 5.86. The van der Waals surface area contributed by atoms with Gasteiger partial charge in [-0.3, -0.25) is 4.79 Å². The van der Waals surface area contributed by atoms with E-state index in [0.717, 1.165) is 13.0 Å². The van der Waals surface area contributed by atoms with Crippen LogP contribution in [-0.4, -0.2) is 42.1 Å². The molecular weight excluding hydrogens is 264 g/mol. The average molecular weight is 283 g/mol. The van der Waals surface area contributed by atoms with Crippen LogP contribution in [0.5, 0.6) is 5.75 Å². The zero-order valence-electron chi connectivity index (χ0n) is 11.0. The molecule has 5 heteroatoms. The molecule has 4 nitrogen and oxygen atoms in total. The standard InChI is InChI=1S/C14H19ClN2O2/c1-17(9-11-4-2-3-7-16-11)14(19)12-8-10(15)5-6-13(12)18/h5-6,8,11,16,18H,2-4,7,9H2,1H3. The second kappa shape index (κ2) is 6.26. The van der Waals surface area contributed by atoms with Gasteiger partial charge in [-0.15, -0.1) is 0 Å². The Bertz CT molecular complexity index is 459. The summed E-state index contributed by atoms with van der Waals surface area (Å²) in [5, 5.41) is 13.6. The van der Waals surface area contributed by atoms with E-state index in [4.69, 9.17) is 11.6 Å². The van der Waals surface area contributed by atoms with Crippen LogP contribution in [0.15, 0.2) is 18.2 Å². The molecule has 0 aromatic heterocycles. The number of phenolic OH excluding ortho intramolecular Hbond substituents is 1. The molecule has 104 valence electrons. The van der Waals surface area contributed by atoms with E-state index >= 15 is 0 Å². The normalized spacial score (nSPS) is 19.2.